The summed E-state index contributed by atoms with van der Waals surface area (Å²) < 4.78 is 0. The minimum atomic E-state index is 0.333. The lowest BCUT2D eigenvalue weighted by Crippen LogP contribution is -1.98. The van der Waals surface area contributed by atoms with Gasteiger partial charge in [0.1, 0.15) is 5.78 Å². The van der Waals surface area contributed by atoms with Gasteiger partial charge in [0.25, 0.3) is 0 Å². The average Bonchev–Trinajstić information content (AvgIpc) is 2.45. The molecule has 1 atom stereocenters. The molecule has 2 aliphatic carbocycles. The quantitative estimate of drug-likeness (QED) is 0.553. The van der Waals surface area contributed by atoms with Gasteiger partial charge in [-0.1, -0.05) is 11.1 Å². The first kappa shape index (κ1) is 7.08. The van der Waals surface area contributed by atoms with E-state index in [9.17, 15) is 4.79 Å². The summed E-state index contributed by atoms with van der Waals surface area (Å²) in [5.41, 5.74) is 3.10. The highest BCUT2D eigenvalue weighted by Crippen LogP contribution is 2.45. The van der Waals surface area contributed by atoms with Crippen molar-refractivity contribution >= 4 is 5.78 Å². The molecule has 0 aromatic carbocycles. The summed E-state index contributed by atoms with van der Waals surface area (Å²) in [6, 6.07) is 0. The number of fused-ring (bicyclic) bond motifs is 2. The summed E-state index contributed by atoms with van der Waals surface area (Å²) >= 11 is 0. The predicted molar refractivity (Wildman–Crippen MR) is 44.3 cm³/mol. The summed E-state index contributed by atoms with van der Waals surface area (Å²) in [6.45, 7) is 1.69. The first-order valence-corrected chi connectivity index (χ1v) is 4.45. The second-order valence-electron chi connectivity index (χ2n) is 3.90. The average molecular weight is 150 g/mol. The first-order valence-electron chi connectivity index (χ1n) is 4.45. The van der Waals surface area contributed by atoms with Crippen LogP contribution >= 0.6 is 0 Å². The van der Waals surface area contributed by atoms with E-state index in [-0.39, 0.29) is 0 Å². The lowest BCUT2D eigenvalue weighted by atomic mass is 9.96. The third kappa shape index (κ3) is 1.24. The molecule has 11 heavy (non-hydrogen) atoms. The number of rotatable bonds is 2. The molecular weight excluding hydrogens is 136 g/mol. The molecule has 0 radical (unpaired) electrons. The van der Waals surface area contributed by atoms with Crippen LogP contribution in [0.25, 0.3) is 0 Å². The molecule has 1 saturated carbocycles. The van der Waals surface area contributed by atoms with Crippen LogP contribution in [0.5, 0.6) is 0 Å². The van der Waals surface area contributed by atoms with Gasteiger partial charge in [0.2, 0.25) is 0 Å². The number of ketones is 1. The summed E-state index contributed by atoms with van der Waals surface area (Å²) in [5.74, 6) is 1.25. The predicted octanol–water partition coefficient (Wildman–Crippen LogP) is 2.47. The molecule has 0 heterocycles. The van der Waals surface area contributed by atoms with Crippen molar-refractivity contribution in [3.63, 3.8) is 0 Å². The van der Waals surface area contributed by atoms with Gasteiger partial charge < -0.3 is 0 Å². The first-order chi connectivity index (χ1) is 5.25. The topological polar surface area (TPSA) is 17.1 Å². The van der Waals surface area contributed by atoms with Crippen LogP contribution in [0.3, 0.4) is 0 Å². The van der Waals surface area contributed by atoms with Gasteiger partial charge in [0.05, 0.1) is 0 Å². The van der Waals surface area contributed by atoms with Crippen LogP contribution in [0, 0.1) is 5.92 Å². The van der Waals surface area contributed by atoms with Gasteiger partial charge in [-0.25, -0.2) is 0 Å². The van der Waals surface area contributed by atoms with Gasteiger partial charge in [0.15, 0.2) is 0 Å². The monoisotopic (exact) mass is 150 g/mol. The summed E-state index contributed by atoms with van der Waals surface area (Å²) in [7, 11) is 0. The molecule has 2 bridgehead atoms. The molecule has 1 heteroatoms. The highest BCUT2D eigenvalue weighted by atomic mass is 16.1. The van der Waals surface area contributed by atoms with E-state index in [1.54, 1.807) is 12.5 Å². The second kappa shape index (κ2) is 2.47. The van der Waals surface area contributed by atoms with Crippen molar-refractivity contribution in [2.24, 2.45) is 5.92 Å². The molecule has 0 N–H and O–H groups in total. The van der Waals surface area contributed by atoms with Crippen molar-refractivity contribution in [3.05, 3.63) is 11.1 Å². The summed E-state index contributed by atoms with van der Waals surface area (Å²) in [6.07, 6.45) is 5.95. The van der Waals surface area contributed by atoms with Crippen LogP contribution in [0.1, 0.15) is 39.0 Å². The van der Waals surface area contributed by atoms with E-state index >= 15 is 0 Å². The Bertz CT molecular complexity index is 225. The molecule has 0 spiro atoms. The van der Waals surface area contributed by atoms with Gasteiger partial charge in [0, 0.05) is 6.42 Å². The SMILES string of the molecule is CC(=O)CC1=C2CCC(C2)C1. The number of carbonyl (C=O) groups excluding carboxylic acids is 1. The van der Waals surface area contributed by atoms with Crippen molar-refractivity contribution in [1.82, 2.24) is 0 Å². The lowest BCUT2D eigenvalue weighted by Gasteiger charge is -2.09. The highest BCUT2D eigenvalue weighted by Gasteiger charge is 2.29. The van der Waals surface area contributed by atoms with Crippen molar-refractivity contribution in [1.29, 1.82) is 0 Å². The summed E-state index contributed by atoms with van der Waals surface area (Å²) in [4.78, 5) is 10.8. The molecule has 1 fully saturated rings. The maximum atomic E-state index is 10.8. The van der Waals surface area contributed by atoms with Gasteiger partial charge >= 0.3 is 0 Å². The van der Waals surface area contributed by atoms with Crippen molar-refractivity contribution in [2.75, 3.05) is 0 Å². The lowest BCUT2D eigenvalue weighted by molar-refractivity contribution is -0.116. The Morgan fingerprint density at radius 1 is 1.55 bits per heavy atom. The minimum absolute atomic E-state index is 0.333. The fourth-order valence-corrected chi connectivity index (χ4v) is 2.42. The van der Waals surface area contributed by atoms with Crippen LogP contribution in [0.2, 0.25) is 0 Å². The van der Waals surface area contributed by atoms with Crippen LogP contribution in [-0.4, -0.2) is 5.78 Å². The Morgan fingerprint density at radius 3 is 2.82 bits per heavy atom. The summed E-state index contributed by atoms with van der Waals surface area (Å²) in [5, 5.41) is 0. The standard InChI is InChI=1S/C10H14O/c1-7(11)4-10-6-8-2-3-9(10)5-8/h8H,2-6H2,1H3. The highest BCUT2D eigenvalue weighted by molar-refractivity contribution is 5.78. The smallest absolute Gasteiger partial charge is 0.133 e. The van der Waals surface area contributed by atoms with Gasteiger partial charge in [-0.2, -0.15) is 0 Å². The van der Waals surface area contributed by atoms with Crippen LogP contribution in [0.4, 0.5) is 0 Å². The minimum Gasteiger partial charge on any atom is -0.300 e. The molecule has 0 aromatic rings. The third-order valence-corrected chi connectivity index (χ3v) is 2.89. The number of carbonyl (C=O) groups is 1. The zero-order chi connectivity index (χ0) is 7.84. The molecule has 1 unspecified atom stereocenters. The zero-order valence-electron chi connectivity index (χ0n) is 7.02. The maximum Gasteiger partial charge on any atom is 0.133 e. The van der Waals surface area contributed by atoms with Gasteiger partial charge in [-0.05, 0) is 38.5 Å². The van der Waals surface area contributed by atoms with Crippen molar-refractivity contribution in [3.8, 4) is 0 Å². The zero-order valence-corrected chi connectivity index (χ0v) is 7.02. The van der Waals surface area contributed by atoms with Crippen LogP contribution in [0.15, 0.2) is 11.1 Å². The Kier molecular flexibility index (Phi) is 1.59. The van der Waals surface area contributed by atoms with E-state index in [0.717, 1.165) is 12.3 Å². The van der Waals surface area contributed by atoms with Crippen LogP contribution < -0.4 is 0 Å². The van der Waals surface area contributed by atoms with E-state index in [2.05, 4.69) is 0 Å². The van der Waals surface area contributed by atoms with Crippen LogP contribution in [-0.2, 0) is 4.79 Å². The third-order valence-electron chi connectivity index (χ3n) is 2.89. The normalized spacial score (nSPS) is 28.3. The second-order valence-corrected chi connectivity index (χ2v) is 3.90. The van der Waals surface area contributed by atoms with E-state index in [1.165, 1.54) is 31.3 Å². The van der Waals surface area contributed by atoms with Crippen molar-refractivity contribution in [2.45, 2.75) is 39.0 Å². The molecule has 0 saturated heterocycles. The van der Waals surface area contributed by atoms with Crippen molar-refractivity contribution < 1.29 is 4.79 Å². The molecule has 60 valence electrons. The van der Waals surface area contributed by atoms with E-state index < -0.39 is 0 Å². The molecular formula is C10H14O. The largest absolute Gasteiger partial charge is 0.300 e. The number of hydrogen-bond donors (Lipinski definition) is 0. The molecule has 2 rings (SSSR count). The van der Waals surface area contributed by atoms with E-state index in [0.29, 0.717) is 5.78 Å². The number of hydrogen-bond acceptors (Lipinski definition) is 1. The van der Waals surface area contributed by atoms with E-state index in [4.69, 9.17) is 0 Å². The van der Waals surface area contributed by atoms with Gasteiger partial charge in [-0.15, -0.1) is 0 Å². The van der Waals surface area contributed by atoms with E-state index in [1.807, 2.05) is 0 Å². The molecule has 0 aromatic heterocycles. The fraction of sp³-hybridized carbons (Fsp3) is 0.700. The maximum absolute atomic E-state index is 10.8. The molecule has 0 aliphatic heterocycles. The molecule has 0 amide bonds. The number of Topliss-reactive ketones (excluding diaryl/α,β-unsaturated/α-hetero) is 1. The molecule has 2 aliphatic rings. The Morgan fingerprint density at radius 2 is 2.36 bits per heavy atom. The number of allylic oxidation sites excluding steroid dienone is 2. The Balaban J connectivity index is 2.09. The van der Waals surface area contributed by atoms with Gasteiger partial charge in [-0.3, -0.25) is 4.79 Å². The fourth-order valence-electron chi connectivity index (χ4n) is 2.42. The Labute approximate surface area is 67.5 Å². The molecule has 1 nitrogen and oxygen atoms in total. The Hall–Kier alpha value is -0.590.